The molecule has 0 aliphatic heterocycles. The summed E-state index contributed by atoms with van der Waals surface area (Å²) in [4.78, 5) is 11.0. The van der Waals surface area contributed by atoms with Crippen LogP contribution in [0.5, 0.6) is 0 Å². The maximum atomic E-state index is 11.0. The van der Waals surface area contributed by atoms with Gasteiger partial charge >= 0.3 is 5.97 Å². The molecule has 0 heterocycles. The second-order valence-electron chi connectivity index (χ2n) is 5.49. The summed E-state index contributed by atoms with van der Waals surface area (Å²) in [6.45, 7) is 1.82. The summed E-state index contributed by atoms with van der Waals surface area (Å²) in [5, 5.41) is 8.91. The molecule has 0 atom stereocenters. The fourth-order valence-electron chi connectivity index (χ4n) is 2.60. The summed E-state index contributed by atoms with van der Waals surface area (Å²) in [5.41, 5.74) is 0. The number of rotatable bonds is 2. The molecule has 110 valence electrons. The third kappa shape index (κ3) is 8.04. The lowest BCUT2D eigenvalue weighted by Gasteiger charge is -2.20. The van der Waals surface area contributed by atoms with Crippen LogP contribution in [-0.2, 0) is 9.53 Å². The number of allylic oxidation sites excluding steroid dienone is 1. The molecule has 0 bridgehead atoms. The van der Waals surface area contributed by atoms with Crippen molar-refractivity contribution in [1.82, 2.24) is 0 Å². The normalized spacial score (nSPS) is 21.8. The van der Waals surface area contributed by atoms with Gasteiger partial charge in [0.15, 0.2) is 0 Å². The van der Waals surface area contributed by atoms with Gasteiger partial charge in [0.2, 0.25) is 0 Å². The number of hydrogen-bond donors (Lipinski definition) is 1. The highest BCUT2D eigenvalue weighted by Crippen LogP contribution is 2.20. The molecule has 3 heteroatoms. The standard InChI is InChI=1S/C10H16O2.C6H12O/c1-2-6-10(11)12-9-7-4-3-5-8-9;7-6-4-2-1-3-5-6/h2,6,9H,3-5,7-8H2,1H3;6-7H,1-5H2/b6-2+;. The molecule has 0 aromatic heterocycles. The van der Waals surface area contributed by atoms with E-state index in [0.717, 1.165) is 25.7 Å². The Labute approximate surface area is 117 Å². The Kier molecular flexibility index (Phi) is 8.55. The maximum Gasteiger partial charge on any atom is 0.330 e. The lowest BCUT2D eigenvalue weighted by Crippen LogP contribution is -2.19. The van der Waals surface area contributed by atoms with Crippen LogP contribution in [0.1, 0.15) is 71.1 Å². The minimum atomic E-state index is -0.190. The fourth-order valence-corrected chi connectivity index (χ4v) is 2.60. The Balaban J connectivity index is 0.000000218. The Morgan fingerprint density at radius 3 is 1.95 bits per heavy atom. The van der Waals surface area contributed by atoms with Crippen LogP contribution >= 0.6 is 0 Å². The Morgan fingerprint density at radius 2 is 1.53 bits per heavy atom. The van der Waals surface area contributed by atoms with Crippen molar-refractivity contribution < 1.29 is 14.6 Å². The Bertz CT molecular complexity index is 261. The SMILES string of the molecule is C/C=C/C(=O)OC1CCCCC1.OC1CCCCC1. The Hall–Kier alpha value is -0.830. The van der Waals surface area contributed by atoms with Crippen molar-refractivity contribution >= 4 is 5.97 Å². The molecule has 2 saturated carbocycles. The molecule has 2 aliphatic carbocycles. The third-order valence-corrected chi connectivity index (χ3v) is 3.71. The molecule has 0 aromatic carbocycles. The Morgan fingerprint density at radius 1 is 1.00 bits per heavy atom. The number of esters is 1. The highest BCUT2D eigenvalue weighted by molar-refractivity contribution is 5.81. The average Bonchev–Trinajstić information content (AvgIpc) is 2.42. The zero-order valence-corrected chi connectivity index (χ0v) is 12.1. The van der Waals surface area contributed by atoms with E-state index in [1.165, 1.54) is 44.6 Å². The molecule has 2 fully saturated rings. The van der Waals surface area contributed by atoms with E-state index in [1.54, 1.807) is 6.08 Å². The number of ether oxygens (including phenoxy) is 1. The molecule has 0 spiro atoms. The number of hydrogen-bond acceptors (Lipinski definition) is 3. The summed E-state index contributed by atoms with van der Waals surface area (Å²) in [6.07, 6.45) is 15.1. The molecule has 2 aliphatic rings. The molecule has 0 radical (unpaired) electrons. The summed E-state index contributed by atoms with van der Waals surface area (Å²) >= 11 is 0. The molecule has 0 unspecified atom stereocenters. The van der Waals surface area contributed by atoms with E-state index in [2.05, 4.69) is 0 Å². The quantitative estimate of drug-likeness (QED) is 0.613. The molecular formula is C16H28O3. The first-order valence-corrected chi connectivity index (χ1v) is 7.73. The van der Waals surface area contributed by atoms with Gasteiger partial charge < -0.3 is 9.84 Å². The van der Waals surface area contributed by atoms with Gasteiger partial charge in [-0.15, -0.1) is 0 Å². The monoisotopic (exact) mass is 268 g/mol. The van der Waals surface area contributed by atoms with Crippen molar-refractivity contribution in [2.45, 2.75) is 83.3 Å². The van der Waals surface area contributed by atoms with Crippen LogP contribution in [0.15, 0.2) is 12.2 Å². The number of aliphatic hydroxyl groups is 1. The van der Waals surface area contributed by atoms with E-state index >= 15 is 0 Å². The zero-order chi connectivity index (χ0) is 13.9. The van der Waals surface area contributed by atoms with Crippen LogP contribution in [-0.4, -0.2) is 23.3 Å². The molecule has 0 aromatic rings. The first kappa shape index (κ1) is 16.2. The molecule has 0 amide bonds. The maximum absolute atomic E-state index is 11.0. The molecule has 0 saturated heterocycles. The minimum absolute atomic E-state index is 0.0359. The first-order valence-electron chi connectivity index (χ1n) is 7.73. The van der Waals surface area contributed by atoms with E-state index in [1.807, 2.05) is 6.92 Å². The first-order chi connectivity index (χ1) is 9.22. The van der Waals surface area contributed by atoms with Crippen molar-refractivity contribution in [2.75, 3.05) is 0 Å². The van der Waals surface area contributed by atoms with Crippen molar-refractivity contribution in [2.24, 2.45) is 0 Å². The van der Waals surface area contributed by atoms with Gasteiger partial charge in [0.1, 0.15) is 6.10 Å². The molecule has 1 N–H and O–H groups in total. The lowest BCUT2D eigenvalue weighted by atomic mass is 9.98. The van der Waals surface area contributed by atoms with Crippen LogP contribution < -0.4 is 0 Å². The van der Waals surface area contributed by atoms with Gasteiger partial charge in [-0.3, -0.25) is 0 Å². The van der Waals surface area contributed by atoms with Gasteiger partial charge in [0, 0.05) is 6.08 Å². The van der Waals surface area contributed by atoms with Gasteiger partial charge in [-0.1, -0.05) is 31.8 Å². The van der Waals surface area contributed by atoms with Crippen LogP contribution in [0.25, 0.3) is 0 Å². The van der Waals surface area contributed by atoms with E-state index in [-0.39, 0.29) is 18.2 Å². The van der Waals surface area contributed by atoms with Gasteiger partial charge in [0.25, 0.3) is 0 Å². The third-order valence-electron chi connectivity index (χ3n) is 3.71. The topological polar surface area (TPSA) is 46.5 Å². The van der Waals surface area contributed by atoms with Gasteiger partial charge in [-0.05, 0) is 45.4 Å². The molecule has 2 rings (SSSR count). The van der Waals surface area contributed by atoms with E-state index in [4.69, 9.17) is 9.84 Å². The molecule has 19 heavy (non-hydrogen) atoms. The largest absolute Gasteiger partial charge is 0.459 e. The van der Waals surface area contributed by atoms with Crippen molar-refractivity contribution in [3.8, 4) is 0 Å². The number of carbonyl (C=O) groups excluding carboxylic acids is 1. The summed E-state index contributed by atoms with van der Waals surface area (Å²) < 4.78 is 5.21. The highest BCUT2D eigenvalue weighted by Gasteiger charge is 2.15. The van der Waals surface area contributed by atoms with Crippen molar-refractivity contribution in [3.63, 3.8) is 0 Å². The minimum Gasteiger partial charge on any atom is -0.459 e. The van der Waals surface area contributed by atoms with Crippen LogP contribution in [0.2, 0.25) is 0 Å². The summed E-state index contributed by atoms with van der Waals surface area (Å²) in [5.74, 6) is -0.190. The smallest absolute Gasteiger partial charge is 0.330 e. The summed E-state index contributed by atoms with van der Waals surface area (Å²) in [6, 6.07) is 0. The average molecular weight is 268 g/mol. The van der Waals surface area contributed by atoms with E-state index in [9.17, 15) is 4.79 Å². The number of aliphatic hydroxyl groups excluding tert-OH is 1. The summed E-state index contributed by atoms with van der Waals surface area (Å²) in [7, 11) is 0. The number of carbonyl (C=O) groups is 1. The second-order valence-corrected chi connectivity index (χ2v) is 5.49. The molecular weight excluding hydrogens is 240 g/mol. The van der Waals surface area contributed by atoms with E-state index < -0.39 is 0 Å². The lowest BCUT2D eigenvalue weighted by molar-refractivity contribution is -0.144. The van der Waals surface area contributed by atoms with Crippen LogP contribution in [0.3, 0.4) is 0 Å². The predicted molar refractivity (Wildman–Crippen MR) is 76.9 cm³/mol. The highest BCUT2D eigenvalue weighted by atomic mass is 16.5. The zero-order valence-electron chi connectivity index (χ0n) is 12.1. The second kappa shape index (κ2) is 10.0. The van der Waals surface area contributed by atoms with Crippen molar-refractivity contribution in [1.29, 1.82) is 0 Å². The molecule has 3 nitrogen and oxygen atoms in total. The van der Waals surface area contributed by atoms with Crippen LogP contribution in [0, 0.1) is 0 Å². The van der Waals surface area contributed by atoms with Crippen molar-refractivity contribution in [3.05, 3.63) is 12.2 Å². The van der Waals surface area contributed by atoms with Gasteiger partial charge in [0.05, 0.1) is 6.10 Å². The van der Waals surface area contributed by atoms with Gasteiger partial charge in [-0.25, -0.2) is 4.79 Å². The predicted octanol–water partition coefficient (Wildman–Crippen LogP) is 3.75. The fraction of sp³-hybridized carbons (Fsp3) is 0.812. The van der Waals surface area contributed by atoms with Crippen LogP contribution in [0.4, 0.5) is 0 Å². The van der Waals surface area contributed by atoms with Gasteiger partial charge in [-0.2, -0.15) is 0 Å². The van der Waals surface area contributed by atoms with E-state index in [0.29, 0.717) is 0 Å².